The molecule has 0 radical (unpaired) electrons. The van der Waals surface area contributed by atoms with Crippen LogP contribution in [-0.2, 0) is 4.79 Å². The van der Waals surface area contributed by atoms with Gasteiger partial charge in [-0.05, 0) is 42.7 Å². The van der Waals surface area contributed by atoms with Crippen LogP contribution in [0.4, 0.5) is 0 Å². The van der Waals surface area contributed by atoms with Crippen molar-refractivity contribution in [1.82, 2.24) is 4.90 Å². The molecule has 112 valence electrons. The van der Waals surface area contributed by atoms with Gasteiger partial charge in [-0.15, -0.1) is 0 Å². The maximum Gasteiger partial charge on any atom is 0.246 e. The van der Waals surface area contributed by atoms with Gasteiger partial charge in [-0.25, -0.2) is 0 Å². The number of hydrogen-bond donors (Lipinski definition) is 1. The summed E-state index contributed by atoms with van der Waals surface area (Å²) >= 11 is 0. The van der Waals surface area contributed by atoms with Crippen molar-refractivity contribution in [2.24, 2.45) is 5.41 Å². The fourth-order valence-electron chi connectivity index (χ4n) is 3.90. The molecule has 1 aromatic rings. The Balaban J connectivity index is 1.70. The zero-order chi connectivity index (χ0) is 14.9. The Morgan fingerprint density at radius 1 is 1.33 bits per heavy atom. The van der Waals surface area contributed by atoms with Crippen LogP contribution < -0.4 is 0 Å². The maximum absolute atomic E-state index is 12.5. The van der Waals surface area contributed by atoms with Crippen LogP contribution in [0.15, 0.2) is 36.4 Å². The van der Waals surface area contributed by atoms with Gasteiger partial charge in [0, 0.05) is 18.7 Å². The molecule has 0 unspecified atom stereocenters. The summed E-state index contributed by atoms with van der Waals surface area (Å²) in [5.74, 6) is 0.101. The molecule has 0 spiro atoms. The Labute approximate surface area is 126 Å². The van der Waals surface area contributed by atoms with E-state index in [1.807, 2.05) is 41.3 Å². The van der Waals surface area contributed by atoms with Gasteiger partial charge in [-0.2, -0.15) is 0 Å². The lowest BCUT2D eigenvalue weighted by molar-refractivity contribution is -0.129. The van der Waals surface area contributed by atoms with E-state index in [4.69, 9.17) is 0 Å². The van der Waals surface area contributed by atoms with Gasteiger partial charge in [0.25, 0.3) is 0 Å². The van der Waals surface area contributed by atoms with Gasteiger partial charge >= 0.3 is 0 Å². The van der Waals surface area contributed by atoms with Crippen molar-refractivity contribution in [3.63, 3.8) is 0 Å². The number of benzene rings is 1. The van der Waals surface area contributed by atoms with Crippen LogP contribution in [0.5, 0.6) is 0 Å². The molecule has 3 heteroatoms. The number of amides is 1. The van der Waals surface area contributed by atoms with Crippen LogP contribution in [0.1, 0.15) is 38.2 Å². The fourth-order valence-corrected chi connectivity index (χ4v) is 3.90. The lowest BCUT2D eigenvalue weighted by atomic mass is 9.71. The quantitative estimate of drug-likeness (QED) is 0.849. The van der Waals surface area contributed by atoms with Gasteiger partial charge < -0.3 is 10.0 Å². The van der Waals surface area contributed by atoms with E-state index in [9.17, 15) is 9.90 Å². The molecule has 1 saturated carbocycles. The van der Waals surface area contributed by atoms with Crippen LogP contribution in [0.2, 0.25) is 0 Å². The van der Waals surface area contributed by atoms with Gasteiger partial charge in [0.2, 0.25) is 5.91 Å². The minimum Gasteiger partial charge on any atom is -0.393 e. The third kappa shape index (κ3) is 2.88. The fraction of sp³-hybridized carbons (Fsp3) is 0.500. The molecule has 1 aromatic carbocycles. The summed E-state index contributed by atoms with van der Waals surface area (Å²) in [5, 5.41) is 9.88. The van der Waals surface area contributed by atoms with Crippen molar-refractivity contribution in [2.75, 3.05) is 6.54 Å². The van der Waals surface area contributed by atoms with E-state index in [2.05, 4.69) is 6.92 Å². The van der Waals surface area contributed by atoms with Crippen molar-refractivity contribution >= 4 is 12.0 Å². The van der Waals surface area contributed by atoms with Crippen molar-refractivity contribution in [3.8, 4) is 0 Å². The SMILES string of the molecule is C[C@@]12CCN(C(=O)/C=C/c3ccccc3)[C@@H]1CC[C@@H](O)C2. The number of hydrogen-bond acceptors (Lipinski definition) is 2. The lowest BCUT2D eigenvalue weighted by Crippen LogP contribution is -2.45. The minimum absolute atomic E-state index is 0.0912. The first-order valence-electron chi connectivity index (χ1n) is 7.80. The first-order chi connectivity index (χ1) is 10.1. The van der Waals surface area contributed by atoms with Gasteiger partial charge in [-0.1, -0.05) is 37.3 Å². The average molecular weight is 285 g/mol. The second kappa shape index (κ2) is 5.64. The number of fused-ring (bicyclic) bond motifs is 1. The average Bonchev–Trinajstić information content (AvgIpc) is 2.82. The zero-order valence-electron chi connectivity index (χ0n) is 12.5. The van der Waals surface area contributed by atoms with Crippen molar-refractivity contribution in [1.29, 1.82) is 0 Å². The zero-order valence-corrected chi connectivity index (χ0v) is 12.5. The summed E-state index contributed by atoms with van der Waals surface area (Å²) in [6.07, 6.45) is 6.93. The number of likely N-dealkylation sites (tertiary alicyclic amines) is 1. The molecule has 1 amide bonds. The van der Waals surface area contributed by atoms with Gasteiger partial charge in [0.05, 0.1) is 6.10 Å². The molecule has 2 fully saturated rings. The molecular formula is C18H23NO2. The topological polar surface area (TPSA) is 40.5 Å². The molecule has 0 bridgehead atoms. The molecule has 1 aliphatic heterocycles. The van der Waals surface area contributed by atoms with Gasteiger partial charge in [0.15, 0.2) is 0 Å². The molecule has 2 aliphatic rings. The number of carbonyl (C=O) groups excluding carboxylic acids is 1. The summed E-state index contributed by atoms with van der Waals surface area (Å²) in [6, 6.07) is 10.2. The molecule has 3 nitrogen and oxygen atoms in total. The monoisotopic (exact) mass is 285 g/mol. The molecular weight excluding hydrogens is 262 g/mol. The van der Waals surface area contributed by atoms with E-state index in [1.54, 1.807) is 6.08 Å². The van der Waals surface area contributed by atoms with E-state index in [1.165, 1.54) is 0 Å². The Morgan fingerprint density at radius 3 is 2.86 bits per heavy atom. The Kier molecular flexibility index (Phi) is 3.85. The third-order valence-corrected chi connectivity index (χ3v) is 5.08. The molecule has 3 rings (SSSR count). The first kappa shape index (κ1) is 14.3. The molecule has 1 heterocycles. The first-order valence-corrected chi connectivity index (χ1v) is 7.80. The number of aliphatic hydroxyl groups is 1. The number of carbonyl (C=O) groups is 1. The molecule has 0 aromatic heterocycles. The standard InChI is InChI=1S/C18H23NO2/c1-18-11-12-19(16(18)9-8-15(20)13-18)17(21)10-7-14-5-3-2-4-6-14/h2-7,10,15-16,20H,8-9,11-13H2,1H3/b10-7+/t15-,16-,18+/m1/s1. The van der Waals surface area contributed by atoms with E-state index in [-0.39, 0.29) is 23.5 Å². The molecule has 1 N–H and O–H groups in total. The van der Waals surface area contributed by atoms with Crippen molar-refractivity contribution < 1.29 is 9.90 Å². The largest absolute Gasteiger partial charge is 0.393 e. The van der Waals surface area contributed by atoms with Crippen LogP contribution >= 0.6 is 0 Å². The second-order valence-electron chi connectivity index (χ2n) is 6.63. The summed E-state index contributed by atoms with van der Waals surface area (Å²) < 4.78 is 0. The highest BCUT2D eigenvalue weighted by molar-refractivity contribution is 5.92. The van der Waals surface area contributed by atoms with Gasteiger partial charge in [0.1, 0.15) is 0 Å². The van der Waals surface area contributed by atoms with Crippen LogP contribution in [0.25, 0.3) is 6.08 Å². The molecule has 1 aliphatic carbocycles. The highest BCUT2D eigenvalue weighted by atomic mass is 16.3. The maximum atomic E-state index is 12.5. The summed E-state index contributed by atoms with van der Waals surface area (Å²) in [6.45, 7) is 3.03. The van der Waals surface area contributed by atoms with Crippen LogP contribution in [-0.4, -0.2) is 34.6 Å². The lowest BCUT2D eigenvalue weighted by Gasteiger charge is -2.41. The van der Waals surface area contributed by atoms with Crippen molar-refractivity contribution in [2.45, 2.75) is 44.8 Å². The molecule has 3 atom stereocenters. The van der Waals surface area contributed by atoms with Crippen LogP contribution in [0.3, 0.4) is 0 Å². The predicted molar refractivity (Wildman–Crippen MR) is 83.6 cm³/mol. The highest BCUT2D eigenvalue weighted by Gasteiger charge is 2.48. The number of nitrogens with zero attached hydrogens (tertiary/aromatic N) is 1. The highest BCUT2D eigenvalue weighted by Crippen LogP contribution is 2.46. The van der Waals surface area contributed by atoms with E-state index >= 15 is 0 Å². The van der Waals surface area contributed by atoms with E-state index in [0.717, 1.165) is 37.8 Å². The van der Waals surface area contributed by atoms with Gasteiger partial charge in [-0.3, -0.25) is 4.79 Å². The Bertz CT molecular complexity index is 539. The summed E-state index contributed by atoms with van der Waals surface area (Å²) in [7, 11) is 0. The predicted octanol–water partition coefficient (Wildman–Crippen LogP) is 2.85. The Morgan fingerprint density at radius 2 is 2.10 bits per heavy atom. The molecule has 21 heavy (non-hydrogen) atoms. The van der Waals surface area contributed by atoms with E-state index < -0.39 is 0 Å². The second-order valence-corrected chi connectivity index (χ2v) is 6.63. The number of rotatable bonds is 2. The minimum atomic E-state index is -0.193. The molecule has 1 saturated heterocycles. The number of aliphatic hydroxyl groups excluding tert-OH is 1. The van der Waals surface area contributed by atoms with Crippen LogP contribution in [0, 0.1) is 5.41 Å². The smallest absolute Gasteiger partial charge is 0.246 e. The van der Waals surface area contributed by atoms with E-state index in [0.29, 0.717) is 0 Å². The third-order valence-electron chi connectivity index (χ3n) is 5.08. The Hall–Kier alpha value is -1.61. The van der Waals surface area contributed by atoms with Crippen molar-refractivity contribution in [3.05, 3.63) is 42.0 Å². The normalized spacial score (nSPS) is 32.4. The summed E-state index contributed by atoms with van der Waals surface area (Å²) in [5.41, 5.74) is 1.14. The summed E-state index contributed by atoms with van der Waals surface area (Å²) in [4.78, 5) is 14.5.